The molecule has 0 saturated carbocycles. The molecule has 1 fully saturated rings. The fraction of sp³-hybridized carbons (Fsp3) is 0.231. The van der Waals surface area contributed by atoms with Crippen LogP contribution < -0.4 is 10.6 Å². The van der Waals surface area contributed by atoms with E-state index < -0.39 is 28.5 Å². The van der Waals surface area contributed by atoms with Gasteiger partial charge in [-0.15, -0.1) is 0 Å². The van der Waals surface area contributed by atoms with Crippen LogP contribution in [0.3, 0.4) is 0 Å². The number of hydrogen-bond donors (Lipinski definition) is 2. The molecule has 3 aromatic rings. The number of sulfonamides is 1. The smallest absolute Gasteiger partial charge is 0.340 e. The van der Waals surface area contributed by atoms with Crippen LogP contribution in [-0.4, -0.2) is 44.3 Å². The highest BCUT2D eigenvalue weighted by Crippen LogP contribution is 2.24. The first-order chi connectivity index (χ1) is 16.9. The summed E-state index contributed by atoms with van der Waals surface area (Å²) < 4.78 is 32.5. The Labute approximate surface area is 205 Å². The number of carbonyl (C=O) groups excluding carboxylic acids is 2. The number of rotatable bonds is 8. The largest absolute Gasteiger partial charge is 0.452 e. The second-order valence-corrected chi connectivity index (χ2v) is 10.1. The minimum Gasteiger partial charge on any atom is -0.452 e. The average molecular weight is 494 g/mol. The Bertz CT molecular complexity index is 1290. The second-order valence-electron chi connectivity index (χ2n) is 8.15. The molecule has 0 aromatic heterocycles. The molecule has 1 aliphatic rings. The summed E-state index contributed by atoms with van der Waals surface area (Å²) in [4.78, 5) is 25.2. The molecule has 1 aliphatic heterocycles. The standard InChI is InChI=1S/C26H27N3O5S/c30-25(28-21-12-9-13-22(18-21)35(32,33)29-16-7-2-8-17-29)19-34-26(31)23-14-5-6-15-24(23)27-20-10-3-1-4-11-20/h1,3-6,9-15,18,27H,2,7-8,16-17,19H2,(H,28,30). The number of piperidine rings is 1. The van der Waals surface area contributed by atoms with Gasteiger partial charge in [-0.1, -0.05) is 42.8 Å². The molecule has 0 bridgehead atoms. The van der Waals surface area contributed by atoms with Gasteiger partial charge in [-0.2, -0.15) is 4.31 Å². The van der Waals surface area contributed by atoms with Gasteiger partial charge in [-0.25, -0.2) is 13.2 Å². The lowest BCUT2D eigenvalue weighted by Crippen LogP contribution is -2.35. The molecule has 4 rings (SSSR count). The molecular weight excluding hydrogens is 466 g/mol. The highest BCUT2D eigenvalue weighted by molar-refractivity contribution is 7.89. The Balaban J connectivity index is 1.37. The maximum Gasteiger partial charge on any atom is 0.340 e. The number of nitrogens with zero attached hydrogens (tertiary/aromatic N) is 1. The maximum atomic E-state index is 12.9. The Kier molecular flexibility index (Phi) is 7.79. The van der Waals surface area contributed by atoms with Gasteiger partial charge in [0.25, 0.3) is 5.91 Å². The summed E-state index contributed by atoms with van der Waals surface area (Å²) in [6.45, 7) is 0.479. The van der Waals surface area contributed by atoms with E-state index in [1.54, 1.807) is 36.4 Å². The SMILES string of the molecule is O=C(COC(=O)c1ccccc1Nc1ccccc1)Nc1cccc(S(=O)(=O)N2CCCCC2)c1. The monoisotopic (exact) mass is 493 g/mol. The van der Waals surface area contributed by atoms with Crippen molar-refractivity contribution in [3.8, 4) is 0 Å². The molecule has 8 nitrogen and oxygen atoms in total. The van der Waals surface area contributed by atoms with Crippen molar-refractivity contribution in [1.29, 1.82) is 0 Å². The molecule has 3 aromatic carbocycles. The zero-order chi connectivity index (χ0) is 24.7. The topological polar surface area (TPSA) is 105 Å². The first kappa shape index (κ1) is 24.4. The number of nitrogens with one attached hydrogen (secondary N) is 2. The van der Waals surface area contributed by atoms with E-state index in [0.29, 0.717) is 30.0 Å². The highest BCUT2D eigenvalue weighted by atomic mass is 32.2. The first-order valence-electron chi connectivity index (χ1n) is 11.4. The summed E-state index contributed by atoms with van der Waals surface area (Å²) in [6, 6.07) is 22.3. The summed E-state index contributed by atoms with van der Waals surface area (Å²) >= 11 is 0. The lowest BCUT2D eigenvalue weighted by atomic mass is 10.1. The van der Waals surface area contributed by atoms with Crippen molar-refractivity contribution in [1.82, 2.24) is 4.31 Å². The van der Waals surface area contributed by atoms with Crippen LogP contribution >= 0.6 is 0 Å². The van der Waals surface area contributed by atoms with Crippen LogP contribution in [0.4, 0.5) is 17.1 Å². The number of anilines is 3. The van der Waals surface area contributed by atoms with E-state index in [2.05, 4.69) is 10.6 Å². The molecule has 0 aliphatic carbocycles. The Hall–Kier alpha value is -3.69. The van der Waals surface area contributed by atoms with Crippen LogP contribution in [0.5, 0.6) is 0 Å². The van der Waals surface area contributed by atoms with E-state index in [0.717, 1.165) is 24.9 Å². The third-order valence-corrected chi connectivity index (χ3v) is 7.50. The molecule has 182 valence electrons. The number of para-hydroxylation sites is 2. The van der Waals surface area contributed by atoms with Crippen molar-refractivity contribution in [3.63, 3.8) is 0 Å². The summed E-state index contributed by atoms with van der Waals surface area (Å²) in [5.41, 5.74) is 1.97. The predicted molar refractivity (Wildman–Crippen MR) is 134 cm³/mol. The zero-order valence-corrected chi connectivity index (χ0v) is 20.0. The van der Waals surface area contributed by atoms with Crippen molar-refractivity contribution < 1.29 is 22.7 Å². The van der Waals surface area contributed by atoms with Gasteiger partial charge in [0.1, 0.15) is 0 Å². The predicted octanol–water partition coefficient (Wildman–Crippen LogP) is 4.40. The van der Waals surface area contributed by atoms with Gasteiger partial charge in [-0.3, -0.25) is 4.79 Å². The molecular formula is C26H27N3O5S. The first-order valence-corrected chi connectivity index (χ1v) is 12.9. The zero-order valence-electron chi connectivity index (χ0n) is 19.1. The highest BCUT2D eigenvalue weighted by Gasteiger charge is 2.26. The van der Waals surface area contributed by atoms with Crippen LogP contribution in [-0.2, 0) is 19.6 Å². The van der Waals surface area contributed by atoms with Crippen LogP contribution in [0.15, 0.2) is 83.8 Å². The van der Waals surface area contributed by atoms with E-state index in [1.807, 2.05) is 30.3 Å². The average Bonchev–Trinajstić information content (AvgIpc) is 2.89. The van der Waals surface area contributed by atoms with Gasteiger partial charge in [0.2, 0.25) is 10.0 Å². The lowest BCUT2D eigenvalue weighted by molar-refractivity contribution is -0.119. The number of benzene rings is 3. The summed E-state index contributed by atoms with van der Waals surface area (Å²) in [6.07, 6.45) is 2.70. The Morgan fingerprint density at radius 1 is 0.829 bits per heavy atom. The van der Waals surface area contributed by atoms with Crippen LogP contribution in [0.1, 0.15) is 29.6 Å². The summed E-state index contributed by atoms with van der Waals surface area (Å²) in [5.74, 6) is -1.22. The van der Waals surface area contributed by atoms with Crippen molar-refractivity contribution >= 4 is 39.0 Å². The maximum absolute atomic E-state index is 12.9. The molecule has 0 radical (unpaired) electrons. The minimum absolute atomic E-state index is 0.120. The van der Waals surface area contributed by atoms with Gasteiger partial charge >= 0.3 is 5.97 Å². The number of ether oxygens (including phenoxy) is 1. The van der Waals surface area contributed by atoms with E-state index in [-0.39, 0.29) is 4.90 Å². The van der Waals surface area contributed by atoms with Gasteiger partial charge < -0.3 is 15.4 Å². The molecule has 9 heteroatoms. The van der Waals surface area contributed by atoms with Crippen LogP contribution in [0, 0.1) is 0 Å². The number of esters is 1. The van der Waals surface area contributed by atoms with Crippen molar-refractivity contribution in [2.75, 3.05) is 30.3 Å². The summed E-state index contributed by atoms with van der Waals surface area (Å²) in [5, 5.41) is 5.77. The van der Waals surface area contributed by atoms with E-state index in [9.17, 15) is 18.0 Å². The third-order valence-electron chi connectivity index (χ3n) is 5.60. The number of carbonyl (C=O) groups is 2. The van der Waals surface area contributed by atoms with E-state index in [4.69, 9.17) is 4.74 Å². The molecule has 1 saturated heterocycles. The third kappa shape index (κ3) is 6.26. The quantitative estimate of drug-likeness (QED) is 0.451. The molecule has 1 heterocycles. The van der Waals surface area contributed by atoms with E-state index in [1.165, 1.54) is 16.4 Å². The minimum atomic E-state index is -3.62. The number of amides is 1. The molecule has 1 amide bonds. The normalized spacial score (nSPS) is 14.2. The van der Waals surface area contributed by atoms with Gasteiger partial charge in [0.15, 0.2) is 6.61 Å². The molecule has 35 heavy (non-hydrogen) atoms. The van der Waals surface area contributed by atoms with Crippen molar-refractivity contribution in [2.45, 2.75) is 24.2 Å². The van der Waals surface area contributed by atoms with Gasteiger partial charge in [0, 0.05) is 24.5 Å². The van der Waals surface area contributed by atoms with Crippen LogP contribution in [0.2, 0.25) is 0 Å². The fourth-order valence-corrected chi connectivity index (χ4v) is 5.41. The molecule has 0 unspecified atom stereocenters. The fourth-order valence-electron chi connectivity index (χ4n) is 3.84. The van der Waals surface area contributed by atoms with Crippen molar-refractivity contribution in [3.05, 3.63) is 84.4 Å². The summed E-state index contributed by atoms with van der Waals surface area (Å²) in [7, 11) is -3.62. The van der Waals surface area contributed by atoms with Gasteiger partial charge in [0.05, 0.1) is 16.1 Å². The van der Waals surface area contributed by atoms with Crippen LogP contribution in [0.25, 0.3) is 0 Å². The number of hydrogen-bond acceptors (Lipinski definition) is 6. The van der Waals surface area contributed by atoms with Gasteiger partial charge in [-0.05, 0) is 55.3 Å². The molecule has 2 N–H and O–H groups in total. The second kappa shape index (κ2) is 11.2. The Morgan fingerprint density at radius 2 is 1.51 bits per heavy atom. The van der Waals surface area contributed by atoms with E-state index >= 15 is 0 Å². The Morgan fingerprint density at radius 3 is 2.29 bits per heavy atom. The molecule has 0 spiro atoms. The molecule has 0 atom stereocenters. The van der Waals surface area contributed by atoms with Crippen molar-refractivity contribution in [2.24, 2.45) is 0 Å². The lowest BCUT2D eigenvalue weighted by Gasteiger charge is -2.26.